The average molecular weight is 268 g/mol. The summed E-state index contributed by atoms with van der Waals surface area (Å²) in [6.07, 6.45) is 2.17. The van der Waals surface area contributed by atoms with Crippen molar-refractivity contribution in [1.29, 1.82) is 0 Å². The smallest absolute Gasteiger partial charge is 0.123 e. The van der Waals surface area contributed by atoms with E-state index in [1.165, 1.54) is 22.2 Å². The summed E-state index contributed by atoms with van der Waals surface area (Å²) in [5, 5.41) is 4.43. The van der Waals surface area contributed by atoms with Crippen LogP contribution in [0.3, 0.4) is 0 Å². The van der Waals surface area contributed by atoms with Crippen LogP contribution < -0.4 is 5.32 Å². The van der Waals surface area contributed by atoms with E-state index in [9.17, 15) is 0 Å². The maximum atomic E-state index is 4.82. The summed E-state index contributed by atoms with van der Waals surface area (Å²) in [6, 6.07) is 8.46. The predicted octanol–water partition coefficient (Wildman–Crippen LogP) is 2.61. The molecule has 3 aromatic rings. The number of nitrogens with zero attached hydrogens (tertiary/aromatic N) is 3. The van der Waals surface area contributed by atoms with Crippen molar-refractivity contribution in [2.24, 2.45) is 14.1 Å². The highest BCUT2D eigenvalue weighted by atomic mass is 15.1. The Bertz CT molecular complexity index is 764. The first kappa shape index (κ1) is 12.9. The summed E-state index contributed by atoms with van der Waals surface area (Å²) in [5.41, 5.74) is 4.72. The summed E-state index contributed by atoms with van der Waals surface area (Å²) >= 11 is 0. The monoisotopic (exact) mass is 268 g/mol. The quantitative estimate of drug-likeness (QED) is 0.792. The van der Waals surface area contributed by atoms with Gasteiger partial charge in [-0.1, -0.05) is 18.2 Å². The normalized spacial score (nSPS) is 11.4. The fourth-order valence-electron chi connectivity index (χ4n) is 2.74. The zero-order valence-corrected chi connectivity index (χ0v) is 12.4. The van der Waals surface area contributed by atoms with Gasteiger partial charge in [0, 0.05) is 42.5 Å². The minimum atomic E-state index is 0.780. The SMILES string of the molecule is CNCc1nc(-c2cn(C)c3ccccc23)c(C)n1C. The van der Waals surface area contributed by atoms with Gasteiger partial charge < -0.3 is 14.5 Å². The average Bonchev–Trinajstić information content (AvgIpc) is 2.92. The van der Waals surface area contributed by atoms with Crippen LogP contribution in [-0.4, -0.2) is 21.2 Å². The molecule has 1 aromatic carbocycles. The van der Waals surface area contributed by atoms with Gasteiger partial charge >= 0.3 is 0 Å². The molecule has 0 spiro atoms. The van der Waals surface area contributed by atoms with Gasteiger partial charge in [-0.25, -0.2) is 4.98 Å². The van der Waals surface area contributed by atoms with E-state index in [1.807, 2.05) is 7.05 Å². The number of aromatic nitrogens is 3. The zero-order valence-electron chi connectivity index (χ0n) is 12.4. The Morgan fingerprint density at radius 2 is 1.95 bits per heavy atom. The Morgan fingerprint density at radius 3 is 2.70 bits per heavy atom. The highest BCUT2D eigenvalue weighted by Gasteiger charge is 2.16. The molecule has 0 saturated carbocycles. The molecule has 0 aliphatic heterocycles. The van der Waals surface area contributed by atoms with Crippen molar-refractivity contribution in [2.45, 2.75) is 13.5 Å². The number of nitrogens with one attached hydrogen (secondary N) is 1. The summed E-state index contributed by atoms with van der Waals surface area (Å²) in [7, 11) is 6.10. The van der Waals surface area contributed by atoms with Gasteiger partial charge in [0.25, 0.3) is 0 Å². The number of fused-ring (bicyclic) bond motifs is 1. The van der Waals surface area contributed by atoms with Gasteiger partial charge in [0.15, 0.2) is 0 Å². The van der Waals surface area contributed by atoms with Gasteiger partial charge in [-0.2, -0.15) is 0 Å². The topological polar surface area (TPSA) is 34.8 Å². The van der Waals surface area contributed by atoms with Gasteiger partial charge in [-0.3, -0.25) is 0 Å². The van der Waals surface area contributed by atoms with Crippen LogP contribution in [0.4, 0.5) is 0 Å². The maximum absolute atomic E-state index is 4.82. The number of aryl methyl sites for hydroxylation is 1. The second-order valence-electron chi connectivity index (χ2n) is 5.22. The van der Waals surface area contributed by atoms with Crippen molar-refractivity contribution >= 4 is 10.9 Å². The third-order valence-electron chi connectivity index (χ3n) is 3.96. The molecule has 0 bridgehead atoms. The van der Waals surface area contributed by atoms with Crippen LogP contribution in [-0.2, 0) is 20.6 Å². The summed E-state index contributed by atoms with van der Waals surface area (Å²) in [4.78, 5) is 4.82. The molecule has 1 N–H and O–H groups in total. The second-order valence-corrected chi connectivity index (χ2v) is 5.22. The van der Waals surface area contributed by atoms with E-state index in [-0.39, 0.29) is 0 Å². The molecule has 0 aliphatic rings. The van der Waals surface area contributed by atoms with Crippen molar-refractivity contribution in [1.82, 2.24) is 19.4 Å². The summed E-state index contributed by atoms with van der Waals surface area (Å²) in [5.74, 6) is 1.06. The molecule has 3 rings (SSSR count). The highest BCUT2D eigenvalue weighted by molar-refractivity contribution is 5.95. The first-order valence-electron chi connectivity index (χ1n) is 6.84. The Balaban J connectivity index is 2.23. The molecule has 4 heteroatoms. The van der Waals surface area contributed by atoms with Gasteiger partial charge in [0.1, 0.15) is 5.82 Å². The molecule has 0 saturated heterocycles. The Hall–Kier alpha value is -2.07. The van der Waals surface area contributed by atoms with Crippen LogP contribution in [0.15, 0.2) is 30.5 Å². The second kappa shape index (κ2) is 4.80. The minimum absolute atomic E-state index is 0.780. The number of rotatable bonds is 3. The number of benzene rings is 1. The van der Waals surface area contributed by atoms with Crippen LogP contribution in [0.5, 0.6) is 0 Å². The van der Waals surface area contributed by atoms with E-state index < -0.39 is 0 Å². The molecule has 20 heavy (non-hydrogen) atoms. The van der Waals surface area contributed by atoms with Crippen molar-refractivity contribution in [3.8, 4) is 11.3 Å². The minimum Gasteiger partial charge on any atom is -0.350 e. The number of para-hydroxylation sites is 1. The van der Waals surface area contributed by atoms with E-state index in [2.05, 4.69) is 65.9 Å². The Labute approximate surface area is 119 Å². The van der Waals surface area contributed by atoms with E-state index >= 15 is 0 Å². The first-order valence-corrected chi connectivity index (χ1v) is 6.84. The Morgan fingerprint density at radius 1 is 1.20 bits per heavy atom. The third kappa shape index (κ3) is 1.84. The van der Waals surface area contributed by atoms with E-state index in [0.717, 1.165) is 18.1 Å². The van der Waals surface area contributed by atoms with Gasteiger partial charge in [0.05, 0.1) is 12.2 Å². The molecule has 0 atom stereocenters. The van der Waals surface area contributed by atoms with Gasteiger partial charge in [-0.15, -0.1) is 0 Å². The van der Waals surface area contributed by atoms with Crippen molar-refractivity contribution in [3.63, 3.8) is 0 Å². The van der Waals surface area contributed by atoms with Crippen LogP contribution in [0.25, 0.3) is 22.2 Å². The van der Waals surface area contributed by atoms with E-state index in [4.69, 9.17) is 4.98 Å². The third-order valence-corrected chi connectivity index (χ3v) is 3.96. The molecule has 0 unspecified atom stereocenters. The lowest BCUT2D eigenvalue weighted by atomic mass is 10.1. The lowest BCUT2D eigenvalue weighted by Crippen LogP contribution is -2.10. The summed E-state index contributed by atoms with van der Waals surface area (Å²) < 4.78 is 4.32. The highest BCUT2D eigenvalue weighted by Crippen LogP contribution is 2.31. The molecule has 104 valence electrons. The lowest BCUT2D eigenvalue weighted by Gasteiger charge is -2.01. The van der Waals surface area contributed by atoms with Crippen molar-refractivity contribution in [3.05, 3.63) is 42.0 Å². The molecular weight excluding hydrogens is 248 g/mol. The molecule has 2 heterocycles. The predicted molar refractivity (Wildman–Crippen MR) is 82.6 cm³/mol. The molecule has 0 amide bonds. The molecule has 0 aliphatic carbocycles. The lowest BCUT2D eigenvalue weighted by molar-refractivity contribution is 0.701. The molecule has 4 nitrogen and oxygen atoms in total. The molecule has 0 radical (unpaired) electrons. The van der Waals surface area contributed by atoms with E-state index in [0.29, 0.717) is 0 Å². The fraction of sp³-hybridized carbons (Fsp3) is 0.312. The van der Waals surface area contributed by atoms with Crippen LogP contribution in [0.1, 0.15) is 11.5 Å². The van der Waals surface area contributed by atoms with Gasteiger partial charge in [-0.05, 0) is 20.0 Å². The van der Waals surface area contributed by atoms with Crippen molar-refractivity contribution < 1.29 is 0 Å². The number of hydrogen-bond acceptors (Lipinski definition) is 2. The maximum Gasteiger partial charge on any atom is 0.123 e. The van der Waals surface area contributed by atoms with Crippen LogP contribution in [0.2, 0.25) is 0 Å². The standard InChI is InChI=1S/C16H20N4/c1-11-16(18-15(9-17-2)20(11)4)13-10-19(3)14-8-6-5-7-12(13)14/h5-8,10,17H,9H2,1-4H3. The fourth-order valence-corrected chi connectivity index (χ4v) is 2.74. The molecular formula is C16H20N4. The van der Waals surface area contributed by atoms with E-state index in [1.54, 1.807) is 0 Å². The molecule has 2 aromatic heterocycles. The van der Waals surface area contributed by atoms with Crippen LogP contribution >= 0.6 is 0 Å². The zero-order chi connectivity index (χ0) is 14.3. The molecule has 0 fully saturated rings. The van der Waals surface area contributed by atoms with Crippen molar-refractivity contribution in [2.75, 3.05) is 7.05 Å². The largest absolute Gasteiger partial charge is 0.350 e. The first-order chi connectivity index (χ1) is 9.63. The van der Waals surface area contributed by atoms with Crippen LogP contribution in [0, 0.1) is 6.92 Å². The summed E-state index contributed by atoms with van der Waals surface area (Å²) in [6.45, 7) is 2.91. The van der Waals surface area contributed by atoms with Gasteiger partial charge in [0.2, 0.25) is 0 Å². The number of hydrogen-bond donors (Lipinski definition) is 1. The number of imidazole rings is 1. The Kier molecular flexibility index (Phi) is 3.10.